The van der Waals surface area contributed by atoms with Crippen LogP contribution in [0.1, 0.15) is 23.3 Å². The van der Waals surface area contributed by atoms with Gasteiger partial charge in [0.25, 0.3) is 5.91 Å². The van der Waals surface area contributed by atoms with Crippen LogP contribution in [0.5, 0.6) is 0 Å². The minimum Gasteiger partial charge on any atom is -0.481 e. The molecule has 0 bridgehead atoms. The fourth-order valence-electron chi connectivity index (χ4n) is 3.56. The molecule has 138 valence electrons. The third-order valence-electron chi connectivity index (χ3n) is 5.04. The van der Waals surface area contributed by atoms with Crippen molar-refractivity contribution in [1.29, 1.82) is 0 Å². The van der Waals surface area contributed by atoms with Gasteiger partial charge < -0.3 is 20.3 Å². The second kappa shape index (κ2) is 7.15. The van der Waals surface area contributed by atoms with Crippen molar-refractivity contribution in [3.05, 3.63) is 60.3 Å². The second-order valence-corrected chi connectivity index (χ2v) is 6.89. The maximum atomic E-state index is 12.5. The molecule has 3 aromatic rings. The minimum atomic E-state index is -0.734. The maximum Gasteiger partial charge on any atom is 0.308 e. The number of nitrogens with one attached hydrogen (secondary N) is 2. The number of aromatic nitrogens is 1. The largest absolute Gasteiger partial charge is 0.481 e. The Morgan fingerprint density at radius 3 is 2.63 bits per heavy atom. The topological polar surface area (TPSA) is 85.4 Å². The van der Waals surface area contributed by atoms with Crippen LogP contribution in [0.25, 0.3) is 10.9 Å². The summed E-state index contributed by atoms with van der Waals surface area (Å²) >= 11 is 0. The molecule has 1 unspecified atom stereocenters. The summed E-state index contributed by atoms with van der Waals surface area (Å²) in [5, 5.41) is 13.1. The fourth-order valence-corrected chi connectivity index (χ4v) is 3.56. The van der Waals surface area contributed by atoms with Crippen LogP contribution in [0.4, 0.5) is 11.4 Å². The van der Waals surface area contributed by atoms with Gasteiger partial charge in [0.15, 0.2) is 0 Å². The fraction of sp³-hybridized carbons (Fsp3) is 0.238. The number of carbonyl (C=O) groups is 2. The van der Waals surface area contributed by atoms with Crippen molar-refractivity contribution in [2.75, 3.05) is 23.3 Å². The van der Waals surface area contributed by atoms with E-state index in [-0.39, 0.29) is 11.8 Å². The standard InChI is InChI=1S/C21H21N3O3/c25-20(19-12-14-4-1-2-6-18(14)23-19)22-16-7-9-17(10-8-16)24-11-3-5-15(13-24)21(26)27/h1-2,4,6-10,12,15,23H,3,5,11,13H2,(H,22,25)(H,26,27). The van der Waals surface area contributed by atoms with Gasteiger partial charge in [-0.05, 0) is 49.2 Å². The number of para-hydroxylation sites is 1. The van der Waals surface area contributed by atoms with Crippen molar-refractivity contribution >= 4 is 34.2 Å². The number of piperidine rings is 1. The van der Waals surface area contributed by atoms with Crippen molar-refractivity contribution in [2.45, 2.75) is 12.8 Å². The van der Waals surface area contributed by atoms with Crippen LogP contribution in [0, 0.1) is 5.92 Å². The molecule has 2 aromatic carbocycles. The molecule has 0 aliphatic carbocycles. The van der Waals surface area contributed by atoms with Gasteiger partial charge in [-0.25, -0.2) is 0 Å². The highest BCUT2D eigenvalue weighted by Gasteiger charge is 2.25. The maximum absolute atomic E-state index is 12.5. The number of fused-ring (bicyclic) bond motifs is 1. The predicted molar refractivity (Wildman–Crippen MR) is 105 cm³/mol. The van der Waals surface area contributed by atoms with Gasteiger partial charge >= 0.3 is 5.97 Å². The number of amides is 1. The average molecular weight is 363 g/mol. The summed E-state index contributed by atoms with van der Waals surface area (Å²) in [5.74, 6) is -1.25. The summed E-state index contributed by atoms with van der Waals surface area (Å²) in [6.07, 6.45) is 1.60. The smallest absolute Gasteiger partial charge is 0.308 e. The normalized spacial score (nSPS) is 17.0. The molecule has 0 saturated carbocycles. The van der Waals surface area contributed by atoms with Crippen molar-refractivity contribution in [3.63, 3.8) is 0 Å². The number of aromatic amines is 1. The molecular weight excluding hydrogens is 342 g/mol. The van der Waals surface area contributed by atoms with Gasteiger partial charge in [0.1, 0.15) is 5.69 Å². The zero-order valence-corrected chi connectivity index (χ0v) is 14.8. The van der Waals surface area contributed by atoms with E-state index in [9.17, 15) is 14.7 Å². The number of H-pyrrole nitrogens is 1. The number of anilines is 2. The van der Waals surface area contributed by atoms with Gasteiger partial charge in [0.2, 0.25) is 0 Å². The molecule has 1 atom stereocenters. The number of aliphatic carboxylic acids is 1. The highest BCUT2D eigenvalue weighted by Crippen LogP contribution is 2.25. The number of carbonyl (C=O) groups excluding carboxylic acids is 1. The van der Waals surface area contributed by atoms with Crippen LogP contribution in [0.3, 0.4) is 0 Å². The summed E-state index contributed by atoms with van der Waals surface area (Å²) in [6.45, 7) is 1.38. The number of hydrogen-bond acceptors (Lipinski definition) is 3. The second-order valence-electron chi connectivity index (χ2n) is 6.89. The highest BCUT2D eigenvalue weighted by molar-refractivity contribution is 6.05. The number of hydrogen-bond donors (Lipinski definition) is 3. The first kappa shape index (κ1) is 17.1. The Morgan fingerprint density at radius 2 is 1.89 bits per heavy atom. The van der Waals surface area contributed by atoms with Gasteiger partial charge in [0, 0.05) is 35.4 Å². The number of rotatable bonds is 4. The molecule has 1 aliphatic rings. The molecule has 3 N–H and O–H groups in total. The van der Waals surface area contributed by atoms with Crippen LogP contribution in [0.2, 0.25) is 0 Å². The lowest BCUT2D eigenvalue weighted by Gasteiger charge is -2.32. The van der Waals surface area contributed by atoms with E-state index in [2.05, 4.69) is 15.2 Å². The Morgan fingerprint density at radius 1 is 1.11 bits per heavy atom. The van der Waals surface area contributed by atoms with Crippen LogP contribution in [-0.4, -0.2) is 35.1 Å². The molecule has 6 heteroatoms. The summed E-state index contributed by atoms with van der Waals surface area (Å²) in [5.41, 5.74) is 3.12. The van der Waals surface area contributed by atoms with E-state index in [1.165, 1.54) is 0 Å². The van der Waals surface area contributed by atoms with Gasteiger partial charge in [0.05, 0.1) is 5.92 Å². The van der Waals surface area contributed by atoms with Gasteiger partial charge in [-0.1, -0.05) is 18.2 Å². The monoisotopic (exact) mass is 363 g/mol. The number of nitrogens with zero attached hydrogens (tertiary/aromatic N) is 1. The van der Waals surface area contributed by atoms with Gasteiger partial charge in [-0.2, -0.15) is 0 Å². The third kappa shape index (κ3) is 3.65. The first-order valence-electron chi connectivity index (χ1n) is 9.07. The molecule has 6 nitrogen and oxygen atoms in total. The van der Waals surface area contributed by atoms with Crippen LogP contribution in [0.15, 0.2) is 54.6 Å². The molecule has 1 saturated heterocycles. The molecule has 2 heterocycles. The first-order chi connectivity index (χ1) is 13.1. The quantitative estimate of drug-likeness (QED) is 0.659. The lowest BCUT2D eigenvalue weighted by atomic mass is 9.98. The van der Waals surface area contributed by atoms with Gasteiger partial charge in [-0.15, -0.1) is 0 Å². The van der Waals surface area contributed by atoms with Crippen LogP contribution in [-0.2, 0) is 4.79 Å². The lowest BCUT2D eigenvalue weighted by molar-refractivity contribution is -0.141. The highest BCUT2D eigenvalue weighted by atomic mass is 16.4. The van der Waals surface area contributed by atoms with Crippen LogP contribution >= 0.6 is 0 Å². The Bertz CT molecular complexity index is 945. The zero-order chi connectivity index (χ0) is 18.8. The van der Waals surface area contributed by atoms with E-state index in [4.69, 9.17) is 0 Å². The zero-order valence-electron chi connectivity index (χ0n) is 14.8. The molecule has 0 spiro atoms. The Hall–Kier alpha value is -3.28. The van der Waals surface area contributed by atoms with E-state index < -0.39 is 5.97 Å². The van der Waals surface area contributed by atoms with E-state index in [0.717, 1.165) is 36.0 Å². The minimum absolute atomic E-state index is 0.192. The van der Waals surface area contributed by atoms with Gasteiger partial charge in [-0.3, -0.25) is 9.59 Å². The molecule has 27 heavy (non-hydrogen) atoms. The Kier molecular flexibility index (Phi) is 4.54. The van der Waals surface area contributed by atoms with E-state index in [1.54, 1.807) is 0 Å². The van der Waals surface area contributed by atoms with E-state index in [1.807, 2.05) is 54.6 Å². The first-order valence-corrected chi connectivity index (χ1v) is 9.07. The molecule has 0 radical (unpaired) electrons. The summed E-state index contributed by atoms with van der Waals surface area (Å²) in [7, 11) is 0. The van der Waals surface area contributed by atoms with Crippen molar-refractivity contribution in [1.82, 2.24) is 4.98 Å². The van der Waals surface area contributed by atoms with Crippen LogP contribution < -0.4 is 10.2 Å². The summed E-state index contributed by atoms with van der Waals surface area (Å²) in [4.78, 5) is 28.9. The summed E-state index contributed by atoms with van der Waals surface area (Å²) in [6, 6.07) is 17.1. The SMILES string of the molecule is O=C(Nc1ccc(N2CCCC(C(=O)O)C2)cc1)c1cc2ccccc2[nH]1. The Labute approximate surface area is 156 Å². The molecular formula is C21H21N3O3. The molecule has 1 fully saturated rings. The average Bonchev–Trinajstić information content (AvgIpc) is 3.13. The Balaban J connectivity index is 1.44. The number of benzene rings is 2. The molecule has 1 amide bonds. The molecule has 4 rings (SSSR count). The lowest BCUT2D eigenvalue weighted by Crippen LogP contribution is -2.38. The summed E-state index contributed by atoms with van der Waals surface area (Å²) < 4.78 is 0. The molecule has 1 aromatic heterocycles. The number of carboxylic acid groups (broad SMARTS) is 1. The van der Waals surface area contributed by atoms with Crippen molar-refractivity contribution in [3.8, 4) is 0 Å². The van der Waals surface area contributed by atoms with Crippen molar-refractivity contribution in [2.24, 2.45) is 5.92 Å². The van der Waals surface area contributed by atoms with E-state index >= 15 is 0 Å². The van der Waals surface area contributed by atoms with E-state index in [0.29, 0.717) is 17.9 Å². The molecule has 1 aliphatic heterocycles. The van der Waals surface area contributed by atoms with Crippen molar-refractivity contribution < 1.29 is 14.7 Å². The third-order valence-corrected chi connectivity index (χ3v) is 5.04. The number of carboxylic acids is 1. The predicted octanol–water partition coefficient (Wildman–Crippen LogP) is 3.72.